The fourth-order valence-corrected chi connectivity index (χ4v) is 6.36. The Morgan fingerprint density at radius 3 is 2.36 bits per heavy atom. The van der Waals surface area contributed by atoms with E-state index < -0.39 is 0 Å². The number of ketones is 1. The van der Waals surface area contributed by atoms with Crippen LogP contribution in [0, 0.1) is 0 Å². The van der Waals surface area contributed by atoms with Crippen molar-refractivity contribution < 1.29 is 4.79 Å². The molecule has 0 unspecified atom stereocenters. The quantitative estimate of drug-likeness (QED) is 0.238. The molecule has 3 heterocycles. The molecule has 0 saturated carbocycles. The number of fused-ring (bicyclic) bond motifs is 6. The third-order valence-corrected chi connectivity index (χ3v) is 8.22. The Balaban J connectivity index is 1.37. The lowest BCUT2D eigenvalue weighted by molar-refractivity contribution is 0.103. The summed E-state index contributed by atoms with van der Waals surface area (Å²) in [5.74, 6) is -0.147. The van der Waals surface area contributed by atoms with Crippen LogP contribution in [0.25, 0.3) is 61.3 Å². The molecule has 0 fully saturated rings. The van der Waals surface area contributed by atoms with Crippen LogP contribution >= 0.6 is 0 Å². The molecule has 0 N–H and O–H groups in total. The molecule has 4 aromatic carbocycles. The minimum atomic E-state index is -0.147. The predicted octanol–water partition coefficient (Wildman–Crippen LogP) is 6.60. The van der Waals surface area contributed by atoms with Crippen LogP contribution in [0.1, 0.15) is 28.7 Å². The number of para-hydroxylation sites is 2. The fourth-order valence-electron chi connectivity index (χ4n) is 6.36. The lowest BCUT2D eigenvalue weighted by Gasteiger charge is -2.16. The summed E-state index contributed by atoms with van der Waals surface area (Å²) in [6.45, 7) is 5.77. The SMILES string of the molecule is C=NC1=c2c(nc3cc(-c4ccc5c(c4)c4ccccc4n5-c4ccccc4)ccc3/c2=C/C)C(=O)c2cccnc21. The Morgan fingerprint density at radius 2 is 1.52 bits per heavy atom. The summed E-state index contributed by atoms with van der Waals surface area (Å²) >= 11 is 0. The molecule has 42 heavy (non-hydrogen) atoms. The van der Waals surface area contributed by atoms with Gasteiger partial charge in [-0.05, 0) is 78.5 Å². The van der Waals surface area contributed by atoms with Crippen molar-refractivity contribution in [2.45, 2.75) is 6.92 Å². The maximum absolute atomic E-state index is 13.6. The van der Waals surface area contributed by atoms with Gasteiger partial charge in [0.15, 0.2) is 0 Å². The van der Waals surface area contributed by atoms with E-state index in [4.69, 9.17) is 4.98 Å². The molecule has 3 aromatic heterocycles. The van der Waals surface area contributed by atoms with E-state index in [1.54, 1.807) is 18.3 Å². The first-order chi connectivity index (χ1) is 20.7. The van der Waals surface area contributed by atoms with E-state index in [1.807, 2.05) is 19.1 Å². The Labute approximate surface area is 241 Å². The summed E-state index contributed by atoms with van der Waals surface area (Å²) < 4.78 is 2.31. The van der Waals surface area contributed by atoms with Crippen molar-refractivity contribution in [3.8, 4) is 16.8 Å². The third kappa shape index (κ3) is 3.37. The van der Waals surface area contributed by atoms with E-state index in [0.717, 1.165) is 38.5 Å². The van der Waals surface area contributed by atoms with Crippen LogP contribution in [-0.2, 0) is 0 Å². The highest BCUT2D eigenvalue weighted by Gasteiger charge is 2.27. The van der Waals surface area contributed by atoms with Gasteiger partial charge in [-0.25, -0.2) is 4.98 Å². The van der Waals surface area contributed by atoms with Crippen LogP contribution in [0.4, 0.5) is 0 Å². The maximum Gasteiger partial charge on any atom is 0.214 e. The van der Waals surface area contributed by atoms with E-state index in [9.17, 15) is 4.79 Å². The summed E-state index contributed by atoms with van der Waals surface area (Å²) in [6, 6.07) is 35.4. The van der Waals surface area contributed by atoms with E-state index in [2.05, 4.69) is 106 Å². The molecule has 0 aliphatic heterocycles. The molecule has 0 saturated heterocycles. The average molecular weight is 541 g/mol. The Bertz CT molecular complexity index is 2400. The summed E-state index contributed by atoms with van der Waals surface area (Å²) in [5.41, 5.74) is 8.36. The van der Waals surface area contributed by atoms with Crippen LogP contribution in [-0.4, -0.2) is 27.0 Å². The number of nitrogens with zero attached hydrogens (tertiary/aromatic N) is 4. The molecule has 1 aliphatic carbocycles. The fraction of sp³-hybridized carbons (Fsp3) is 0.0270. The highest BCUT2D eigenvalue weighted by atomic mass is 16.1. The van der Waals surface area contributed by atoms with Gasteiger partial charge in [0, 0.05) is 33.3 Å². The summed E-state index contributed by atoms with van der Waals surface area (Å²) in [6.07, 6.45) is 3.69. The molecule has 5 heteroatoms. The van der Waals surface area contributed by atoms with Gasteiger partial charge in [0.05, 0.1) is 27.8 Å². The molecule has 0 radical (unpaired) electrons. The highest BCUT2D eigenvalue weighted by Crippen LogP contribution is 2.35. The number of carbonyl (C=O) groups excluding carboxylic acids is 1. The maximum atomic E-state index is 13.6. The molecule has 7 aromatic rings. The molecular weight excluding hydrogens is 516 g/mol. The van der Waals surface area contributed by atoms with E-state index in [1.165, 1.54) is 16.3 Å². The minimum Gasteiger partial charge on any atom is -0.309 e. The number of benzene rings is 4. The monoisotopic (exact) mass is 540 g/mol. The Kier molecular flexibility index (Phi) is 5.28. The number of rotatable bonds is 3. The number of pyridine rings is 2. The van der Waals surface area contributed by atoms with Crippen molar-refractivity contribution in [1.29, 1.82) is 0 Å². The molecule has 8 rings (SSSR count). The molecule has 198 valence electrons. The van der Waals surface area contributed by atoms with Crippen molar-refractivity contribution >= 4 is 57.0 Å². The smallest absolute Gasteiger partial charge is 0.214 e. The van der Waals surface area contributed by atoms with Crippen LogP contribution in [0.5, 0.6) is 0 Å². The van der Waals surface area contributed by atoms with Crippen LogP contribution in [0.2, 0.25) is 0 Å². The first-order valence-electron chi connectivity index (χ1n) is 13.9. The highest BCUT2D eigenvalue weighted by molar-refractivity contribution is 6.14. The molecule has 0 bridgehead atoms. The Morgan fingerprint density at radius 1 is 0.762 bits per heavy atom. The van der Waals surface area contributed by atoms with E-state index in [-0.39, 0.29) is 5.78 Å². The third-order valence-electron chi connectivity index (χ3n) is 8.22. The van der Waals surface area contributed by atoms with Crippen molar-refractivity contribution in [3.05, 3.63) is 137 Å². The van der Waals surface area contributed by atoms with Gasteiger partial charge >= 0.3 is 0 Å². The Hall–Kier alpha value is -5.68. The van der Waals surface area contributed by atoms with Crippen LogP contribution in [0.15, 0.2) is 114 Å². The van der Waals surface area contributed by atoms with Crippen LogP contribution < -0.4 is 10.4 Å². The van der Waals surface area contributed by atoms with Gasteiger partial charge < -0.3 is 4.57 Å². The van der Waals surface area contributed by atoms with Gasteiger partial charge in [0.1, 0.15) is 11.4 Å². The zero-order valence-corrected chi connectivity index (χ0v) is 22.9. The van der Waals surface area contributed by atoms with Crippen molar-refractivity contribution in [2.24, 2.45) is 4.99 Å². The number of carbonyl (C=O) groups is 1. The van der Waals surface area contributed by atoms with Gasteiger partial charge in [-0.2, -0.15) is 0 Å². The number of hydrogen-bond donors (Lipinski definition) is 0. The number of aromatic nitrogens is 3. The van der Waals surface area contributed by atoms with Gasteiger partial charge in [0.25, 0.3) is 0 Å². The molecular formula is C37H24N4O. The predicted molar refractivity (Wildman–Crippen MR) is 171 cm³/mol. The normalized spacial score (nSPS) is 13.1. The largest absolute Gasteiger partial charge is 0.309 e. The molecule has 0 atom stereocenters. The summed E-state index contributed by atoms with van der Waals surface area (Å²) in [4.78, 5) is 27.3. The lowest BCUT2D eigenvalue weighted by atomic mass is 9.92. The molecule has 5 nitrogen and oxygen atoms in total. The van der Waals surface area contributed by atoms with Gasteiger partial charge in [-0.15, -0.1) is 0 Å². The topological polar surface area (TPSA) is 60.1 Å². The molecule has 0 amide bonds. The second kappa shape index (κ2) is 9.18. The van der Waals surface area contributed by atoms with Gasteiger partial charge in [-0.3, -0.25) is 14.8 Å². The first kappa shape index (κ1) is 24.1. The average Bonchev–Trinajstić information content (AvgIpc) is 3.38. The van der Waals surface area contributed by atoms with Gasteiger partial charge in [-0.1, -0.05) is 60.7 Å². The first-order valence-corrected chi connectivity index (χ1v) is 13.9. The minimum absolute atomic E-state index is 0.147. The standard InChI is InChI=1S/C37H24N4O/c1-3-25-26-17-15-23(21-30(26)40-36-33(25)35(38-2)34-28(37(36)42)13-9-19-39-34)22-16-18-32-29(20-22)27-12-7-8-14-31(27)41(32)24-10-5-4-6-11-24/h3-21H,2H2,1H3/b25-3-. The molecule has 0 spiro atoms. The van der Waals surface area contributed by atoms with E-state index in [0.29, 0.717) is 27.9 Å². The zero-order chi connectivity index (χ0) is 28.4. The van der Waals surface area contributed by atoms with Crippen molar-refractivity contribution in [3.63, 3.8) is 0 Å². The summed E-state index contributed by atoms with van der Waals surface area (Å²) in [5, 5.41) is 4.94. The second-order valence-electron chi connectivity index (χ2n) is 10.4. The lowest BCUT2D eigenvalue weighted by Crippen LogP contribution is -2.38. The van der Waals surface area contributed by atoms with E-state index >= 15 is 0 Å². The van der Waals surface area contributed by atoms with Crippen molar-refractivity contribution in [2.75, 3.05) is 0 Å². The van der Waals surface area contributed by atoms with Crippen molar-refractivity contribution in [1.82, 2.24) is 14.5 Å². The van der Waals surface area contributed by atoms with Crippen LogP contribution in [0.3, 0.4) is 0 Å². The molecule has 1 aliphatic rings. The summed E-state index contributed by atoms with van der Waals surface area (Å²) in [7, 11) is 0. The second-order valence-corrected chi connectivity index (χ2v) is 10.4. The van der Waals surface area contributed by atoms with Gasteiger partial charge in [0.2, 0.25) is 5.78 Å². The number of aliphatic imine (C=N–C) groups is 1. The number of hydrogen-bond acceptors (Lipinski definition) is 4. The zero-order valence-electron chi connectivity index (χ0n) is 22.9.